The molecule has 3 aromatic rings. The van der Waals surface area contributed by atoms with Gasteiger partial charge in [-0.1, -0.05) is 30.3 Å². The Balaban J connectivity index is 1.36. The molecule has 0 amide bonds. The van der Waals surface area contributed by atoms with Crippen LogP contribution < -0.4 is 0 Å². The van der Waals surface area contributed by atoms with Gasteiger partial charge in [0.15, 0.2) is 5.82 Å². The summed E-state index contributed by atoms with van der Waals surface area (Å²) in [5.74, 6) is 0.395. The third kappa shape index (κ3) is 6.22. The third-order valence-electron chi connectivity index (χ3n) is 5.51. The van der Waals surface area contributed by atoms with Gasteiger partial charge in [0.1, 0.15) is 6.42 Å². The monoisotopic (exact) mass is 493 g/mol. The van der Waals surface area contributed by atoms with Crippen LogP contribution in [-0.2, 0) is 13.0 Å². The van der Waals surface area contributed by atoms with Crippen LogP contribution in [-0.4, -0.2) is 54.6 Å². The zero-order valence-electron chi connectivity index (χ0n) is 18.5. The number of halogens is 4. The highest BCUT2D eigenvalue weighted by Gasteiger charge is 2.32. The first-order chi connectivity index (χ1) is 16.2. The van der Waals surface area contributed by atoms with E-state index in [0.29, 0.717) is 43.3 Å². The van der Waals surface area contributed by atoms with Gasteiger partial charge in [-0.2, -0.15) is 18.0 Å². The third-order valence-corrected chi connectivity index (χ3v) is 5.74. The molecule has 1 saturated heterocycles. The maximum absolute atomic E-state index is 12.5. The Morgan fingerprint density at radius 2 is 2.00 bits per heavy atom. The number of rotatable bonds is 7. The molecule has 0 atom stereocenters. The number of aromatic nitrogens is 6. The molecule has 1 aliphatic rings. The average Bonchev–Trinajstić information content (AvgIpc) is 3.40. The van der Waals surface area contributed by atoms with Gasteiger partial charge in [-0.3, -0.25) is 0 Å². The van der Waals surface area contributed by atoms with E-state index in [9.17, 15) is 13.2 Å². The zero-order valence-corrected chi connectivity index (χ0v) is 19.2. The minimum Gasteiger partial charge on any atom is -0.425 e. The fourth-order valence-electron chi connectivity index (χ4n) is 3.80. The lowest BCUT2D eigenvalue weighted by Crippen LogP contribution is -2.31. The summed E-state index contributed by atoms with van der Waals surface area (Å²) in [5.41, 5.74) is 2.73. The molecule has 0 radical (unpaired) electrons. The van der Waals surface area contributed by atoms with E-state index >= 15 is 0 Å². The minimum atomic E-state index is -4.37. The number of aryl methyl sites for hydroxylation is 1. The van der Waals surface area contributed by atoms with E-state index in [2.05, 4.69) is 37.1 Å². The first kappa shape index (κ1) is 23.9. The van der Waals surface area contributed by atoms with Crippen LogP contribution in [0.1, 0.15) is 47.5 Å². The quantitative estimate of drug-likeness (QED) is 0.445. The Kier molecular flexibility index (Phi) is 7.01. The van der Waals surface area contributed by atoms with Crippen LogP contribution in [0.15, 0.2) is 41.0 Å². The Morgan fingerprint density at radius 1 is 1.24 bits per heavy atom. The molecule has 0 unspecified atom stereocenters. The molecule has 0 aliphatic carbocycles. The highest BCUT2D eigenvalue weighted by molar-refractivity contribution is 6.30. The summed E-state index contributed by atoms with van der Waals surface area (Å²) in [6, 6.07) is 5.60. The fraction of sp³-hybridized carbons (Fsp3) is 0.409. The zero-order chi connectivity index (χ0) is 24.3. The summed E-state index contributed by atoms with van der Waals surface area (Å²) in [4.78, 5) is 3.63. The van der Waals surface area contributed by atoms with Gasteiger partial charge in [0.05, 0.1) is 6.54 Å². The first-order valence-corrected chi connectivity index (χ1v) is 11.1. The molecule has 12 heteroatoms. The summed E-state index contributed by atoms with van der Waals surface area (Å²) >= 11 is 6.18. The summed E-state index contributed by atoms with van der Waals surface area (Å²) < 4.78 is 42.8. The number of hydrogen-bond acceptors (Lipinski definition) is 7. The van der Waals surface area contributed by atoms with Crippen LogP contribution in [0.2, 0.25) is 5.02 Å². The first-order valence-electron chi connectivity index (χ1n) is 10.7. The summed E-state index contributed by atoms with van der Waals surface area (Å²) in [5, 5.41) is 20.1. The second kappa shape index (κ2) is 9.96. The number of benzene rings is 1. The van der Waals surface area contributed by atoms with Crippen molar-refractivity contribution in [3.63, 3.8) is 0 Å². The molecule has 3 heterocycles. The molecule has 8 nitrogen and oxygen atoms in total. The Bertz CT molecular complexity index is 1180. The van der Waals surface area contributed by atoms with E-state index in [4.69, 9.17) is 16.0 Å². The largest absolute Gasteiger partial charge is 0.425 e. The molecule has 0 N–H and O–H groups in total. The molecule has 180 valence electrons. The number of nitrogens with zero attached hydrogens (tertiary/aromatic N) is 7. The van der Waals surface area contributed by atoms with Crippen LogP contribution in [0.3, 0.4) is 0 Å². The minimum absolute atomic E-state index is 0.0657. The van der Waals surface area contributed by atoms with E-state index in [1.165, 1.54) is 4.80 Å². The topological polar surface area (TPSA) is 85.8 Å². The van der Waals surface area contributed by atoms with E-state index in [1.54, 1.807) is 6.92 Å². The average molecular weight is 494 g/mol. The lowest BCUT2D eigenvalue weighted by molar-refractivity contribution is -0.131. The van der Waals surface area contributed by atoms with Crippen molar-refractivity contribution in [3.05, 3.63) is 70.3 Å². The van der Waals surface area contributed by atoms with Crippen LogP contribution in [0, 0.1) is 6.92 Å². The van der Waals surface area contributed by atoms with Gasteiger partial charge in [-0.05, 0) is 54.3 Å². The lowest BCUT2D eigenvalue weighted by Gasteiger charge is -2.32. The number of likely N-dealkylation sites (tertiary alicyclic amines) is 1. The van der Waals surface area contributed by atoms with Crippen molar-refractivity contribution in [3.8, 4) is 0 Å². The summed E-state index contributed by atoms with van der Waals surface area (Å²) in [6.45, 7) is 7.73. The van der Waals surface area contributed by atoms with Crippen LogP contribution >= 0.6 is 11.6 Å². The molecule has 1 aliphatic heterocycles. The normalized spacial score (nSPS) is 15.4. The Hall–Kier alpha value is -3.21. The van der Waals surface area contributed by atoms with Gasteiger partial charge in [-0.15, -0.1) is 20.4 Å². The van der Waals surface area contributed by atoms with Gasteiger partial charge in [-0.25, -0.2) is 0 Å². The van der Waals surface area contributed by atoms with Crippen LogP contribution in [0.4, 0.5) is 13.2 Å². The molecule has 4 rings (SSSR count). The standard InChI is InChI=1S/C22H23ClF3N7O/c1-14(3-4-16-5-6-19(23)11-18(16)13-33-30-15(2)27-31-33)32-9-7-17(8-10-32)21-29-28-20(34-21)12-22(24,25)26/h3-6,11,17H,1,7-10,12-13H2,2H3/b4-3+. The van der Waals surface area contributed by atoms with Crippen molar-refractivity contribution >= 4 is 17.7 Å². The van der Waals surface area contributed by atoms with Crippen molar-refractivity contribution in [1.29, 1.82) is 0 Å². The molecule has 1 fully saturated rings. The van der Waals surface area contributed by atoms with Crippen LogP contribution in [0.5, 0.6) is 0 Å². The van der Waals surface area contributed by atoms with Gasteiger partial charge < -0.3 is 9.32 Å². The van der Waals surface area contributed by atoms with E-state index in [1.807, 2.05) is 30.4 Å². The molecule has 2 aromatic heterocycles. The van der Waals surface area contributed by atoms with Gasteiger partial charge >= 0.3 is 6.18 Å². The van der Waals surface area contributed by atoms with E-state index < -0.39 is 18.5 Å². The van der Waals surface area contributed by atoms with Crippen molar-refractivity contribution in [2.75, 3.05) is 13.1 Å². The lowest BCUT2D eigenvalue weighted by atomic mass is 9.96. The molecule has 0 saturated carbocycles. The van der Waals surface area contributed by atoms with Gasteiger partial charge in [0.25, 0.3) is 0 Å². The Labute approximate surface area is 199 Å². The summed E-state index contributed by atoms with van der Waals surface area (Å²) in [6.07, 6.45) is -0.313. The molecular weight excluding hydrogens is 471 g/mol. The van der Waals surface area contributed by atoms with Gasteiger partial charge in [0.2, 0.25) is 11.8 Å². The number of allylic oxidation sites excluding steroid dienone is 1. The smallest absolute Gasteiger partial charge is 0.397 e. The number of piperidine rings is 1. The van der Waals surface area contributed by atoms with Crippen molar-refractivity contribution in [2.24, 2.45) is 0 Å². The van der Waals surface area contributed by atoms with Gasteiger partial charge in [0, 0.05) is 29.7 Å². The summed E-state index contributed by atoms with van der Waals surface area (Å²) in [7, 11) is 0. The Morgan fingerprint density at radius 3 is 2.68 bits per heavy atom. The molecule has 0 bridgehead atoms. The number of hydrogen-bond donors (Lipinski definition) is 0. The molecule has 0 spiro atoms. The maximum atomic E-state index is 12.5. The van der Waals surface area contributed by atoms with Crippen LogP contribution in [0.25, 0.3) is 6.08 Å². The predicted molar refractivity (Wildman–Crippen MR) is 119 cm³/mol. The SMILES string of the molecule is C=C(/C=C/c1ccc(Cl)cc1Cn1nnc(C)n1)N1CCC(c2nnc(CC(F)(F)F)o2)CC1. The fourth-order valence-corrected chi connectivity index (χ4v) is 3.99. The maximum Gasteiger partial charge on any atom is 0.397 e. The molecular formula is C22H23ClF3N7O. The number of tetrazole rings is 1. The van der Waals surface area contributed by atoms with E-state index in [-0.39, 0.29) is 11.8 Å². The second-order valence-electron chi connectivity index (χ2n) is 8.12. The highest BCUT2D eigenvalue weighted by Crippen LogP contribution is 2.30. The molecule has 34 heavy (non-hydrogen) atoms. The van der Waals surface area contributed by atoms with E-state index in [0.717, 1.165) is 16.8 Å². The van der Waals surface area contributed by atoms with Crippen molar-refractivity contribution in [1.82, 2.24) is 35.3 Å². The second-order valence-corrected chi connectivity index (χ2v) is 8.56. The predicted octanol–water partition coefficient (Wildman–Crippen LogP) is 4.58. The van der Waals surface area contributed by atoms with Crippen molar-refractivity contribution < 1.29 is 17.6 Å². The highest BCUT2D eigenvalue weighted by atomic mass is 35.5. The number of alkyl halides is 3. The van der Waals surface area contributed by atoms with Crippen molar-refractivity contribution in [2.45, 2.75) is 44.8 Å². The molecule has 1 aromatic carbocycles.